The number of hydrogen-bond donors (Lipinski definition) is 0. The Bertz CT molecular complexity index is 1160. The minimum absolute atomic E-state index is 0.191. The highest BCUT2D eigenvalue weighted by Gasteiger charge is 2.57. The van der Waals surface area contributed by atoms with Gasteiger partial charge in [0.05, 0.1) is 22.8 Å². The number of esters is 3. The van der Waals surface area contributed by atoms with Gasteiger partial charge in [0.25, 0.3) is 0 Å². The van der Waals surface area contributed by atoms with E-state index in [-0.39, 0.29) is 6.61 Å². The fourth-order valence-corrected chi connectivity index (χ4v) is 3.94. The molecule has 0 saturated carbocycles. The normalized spacial score (nSPS) is 23.3. The van der Waals surface area contributed by atoms with Crippen LogP contribution in [0.25, 0.3) is 0 Å². The highest BCUT2D eigenvalue weighted by Crippen LogP contribution is 2.38. The Kier molecular flexibility index (Phi) is 7.27. The van der Waals surface area contributed by atoms with Crippen molar-refractivity contribution in [3.05, 3.63) is 108 Å². The molecule has 1 aliphatic rings. The first-order chi connectivity index (χ1) is 16.9. The molecule has 7 nitrogen and oxygen atoms in total. The van der Waals surface area contributed by atoms with Crippen LogP contribution in [0.4, 0.5) is 0 Å². The van der Waals surface area contributed by atoms with Crippen LogP contribution in [0, 0.1) is 0 Å². The second-order valence-electron chi connectivity index (χ2n) is 8.41. The van der Waals surface area contributed by atoms with Crippen molar-refractivity contribution in [3.63, 3.8) is 0 Å². The maximum Gasteiger partial charge on any atom is 0.338 e. The summed E-state index contributed by atoms with van der Waals surface area (Å²) in [7, 11) is 0. The van der Waals surface area contributed by atoms with Gasteiger partial charge in [0.2, 0.25) is 0 Å². The first-order valence-corrected chi connectivity index (χ1v) is 11.3. The molecule has 2 unspecified atom stereocenters. The van der Waals surface area contributed by atoms with E-state index in [4.69, 9.17) is 18.9 Å². The summed E-state index contributed by atoms with van der Waals surface area (Å²) < 4.78 is 23.2. The standard InChI is InChI=1S/C28H26O7/c1-19-28(2,35-27(31)22-16-10-5-11-17-22)24(34-26(30)21-14-8-4-9-15-21)23(33-19)18-32-25(29)20-12-6-3-7-13-20/h3-17,19,23-24H,18H2,1-2H3/t19?,23-,24?,28-/m1/s1. The van der Waals surface area contributed by atoms with Crippen LogP contribution in [-0.4, -0.2) is 48.4 Å². The average Bonchev–Trinajstić information content (AvgIpc) is 3.12. The summed E-state index contributed by atoms with van der Waals surface area (Å²) in [5.41, 5.74) is -0.257. The maximum absolute atomic E-state index is 12.9. The van der Waals surface area contributed by atoms with Crippen LogP contribution in [0.15, 0.2) is 91.0 Å². The van der Waals surface area contributed by atoms with Crippen molar-refractivity contribution in [2.75, 3.05) is 6.61 Å². The van der Waals surface area contributed by atoms with Crippen molar-refractivity contribution in [2.24, 2.45) is 0 Å². The van der Waals surface area contributed by atoms with Crippen molar-refractivity contribution in [2.45, 2.75) is 37.8 Å². The predicted octanol–water partition coefficient (Wildman–Crippen LogP) is 4.47. The molecular formula is C28H26O7. The lowest BCUT2D eigenvalue weighted by Crippen LogP contribution is -2.51. The maximum atomic E-state index is 12.9. The van der Waals surface area contributed by atoms with Gasteiger partial charge in [-0.3, -0.25) is 0 Å². The molecule has 0 aliphatic carbocycles. The van der Waals surface area contributed by atoms with Crippen LogP contribution in [0.2, 0.25) is 0 Å². The fraction of sp³-hybridized carbons (Fsp3) is 0.250. The van der Waals surface area contributed by atoms with Crippen molar-refractivity contribution in [1.82, 2.24) is 0 Å². The molecule has 0 N–H and O–H groups in total. The average molecular weight is 475 g/mol. The number of hydrogen-bond acceptors (Lipinski definition) is 7. The highest BCUT2D eigenvalue weighted by molar-refractivity contribution is 5.91. The predicted molar refractivity (Wildman–Crippen MR) is 127 cm³/mol. The molecule has 0 aromatic heterocycles. The van der Waals surface area contributed by atoms with Gasteiger partial charge in [0, 0.05) is 0 Å². The Hall–Kier alpha value is -3.97. The van der Waals surface area contributed by atoms with Crippen LogP contribution in [0.5, 0.6) is 0 Å². The Morgan fingerprint density at radius 3 is 1.71 bits per heavy atom. The van der Waals surface area contributed by atoms with Crippen LogP contribution in [0.3, 0.4) is 0 Å². The summed E-state index contributed by atoms with van der Waals surface area (Å²) in [5.74, 6) is -1.72. The third kappa shape index (κ3) is 5.41. The van der Waals surface area contributed by atoms with E-state index in [1.54, 1.807) is 105 Å². The summed E-state index contributed by atoms with van der Waals surface area (Å²) in [6.45, 7) is 3.18. The van der Waals surface area contributed by atoms with Gasteiger partial charge in [-0.05, 0) is 50.2 Å². The number of ether oxygens (including phenoxy) is 4. The minimum atomic E-state index is -1.33. The van der Waals surface area contributed by atoms with Gasteiger partial charge >= 0.3 is 17.9 Å². The molecule has 35 heavy (non-hydrogen) atoms. The molecule has 0 radical (unpaired) electrons. The summed E-state index contributed by atoms with van der Waals surface area (Å²) >= 11 is 0. The summed E-state index contributed by atoms with van der Waals surface area (Å²) in [4.78, 5) is 38.3. The van der Waals surface area contributed by atoms with Gasteiger partial charge in [-0.25, -0.2) is 14.4 Å². The van der Waals surface area contributed by atoms with Crippen LogP contribution in [-0.2, 0) is 18.9 Å². The van der Waals surface area contributed by atoms with E-state index in [9.17, 15) is 14.4 Å². The molecule has 1 heterocycles. The zero-order chi connectivity index (χ0) is 24.8. The summed E-state index contributed by atoms with van der Waals surface area (Å²) in [6.07, 6.45) is -2.52. The third-order valence-corrected chi connectivity index (χ3v) is 6.04. The Balaban J connectivity index is 1.56. The van der Waals surface area contributed by atoms with E-state index >= 15 is 0 Å². The molecule has 0 bridgehead atoms. The Labute approximate surface area is 203 Å². The largest absolute Gasteiger partial charge is 0.459 e. The Morgan fingerprint density at radius 1 is 0.743 bits per heavy atom. The number of carbonyl (C=O) groups excluding carboxylic acids is 3. The monoisotopic (exact) mass is 474 g/mol. The molecule has 4 rings (SSSR count). The van der Waals surface area contributed by atoms with Crippen molar-refractivity contribution in [1.29, 1.82) is 0 Å². The Morgan fingerprint density at radius 2 is 1.20 bits per heavy atom. The van der Waals surface area contributed by atoms with Gasteiger partial charge < -0.3 is 18.9 Å². The molecule has 1 aliphatic heterocycles. The highest BCUT2D eigenvalue weighted by atomic mass is 16.7. The van der Waals surface area contributed by atoms with Gasteiger partial charge in [-0.15, -0.1) is 0 Å². The van der Waals surface area contributed by atoms with Crippen LogP contribution >= 0.6 is 0 Å². The number of carbonyl (C=O) groups is 3. The molecule has 1 saturated heterocycles. The second kappa shape index (κ2) is 10.5. The molecule has 3 aromatic carbocycles. The molecule has 1 fully saturated rings. The van der Waals surface area contributed by atoms with E-state index in [0.29, 0.717) is 16.7 Å². The summed E-state index contributed by atoms with van der Waals surface area (Å²) in [6, 6.07) is 25.5. The molecule has 3 aromatic rings. The van der Waals surface area contributed by atoms with Gasteiger partial charge in [0.1, 0.15) is 12.7 Å². The van der Waals surface area contributed by atoms with Crippen molar-refractivity contribution < 1.29 is 33.3 Å². The van der Waals surface area contributed by atoms with Crippen LogP contribution < -0.4 is 0 Å². The molecule has 0 amide bonds. The lowest BCUT2D eigenvalue weighted by Gasteiger charge is -2.33. The number of benzene rings is 3. The van der Waals surface area contributed by atoms with E-state index in [1.807, 2.05) is 0 Å². The van der Waals surface area contributed by atoms with E-state index in [1.165, 1.54) is 0 Å². The van der Waals surface area contributed by atoms with E-state index < -0.39 is 41.8 Å². The topological polar surface area (TPSA) is 88.1 Å². The molecule has 4 atom stereocenters. The first kappa shape index (κ1) is 24.2. The third-order valence-electron chi connectivity index (χ3n) is 6.04. The van der Waals surface area contributed by atoms with Crippen molar-refractivity contribution >= 4 is 17.9 Å². The minimum Gasteiger partial charge on any atom is -0.459 e. The van der Waals surface area contributed by atoms with Crippen molar-refractivity contribution in [3.8, 4) is 0 Å². The first-order valence-electron chi connectivity index (χ1n) is 11.3. The molecule has 0 spiro atoms. The molecular weight excluding hydrogens is 448 g/mol. The lowest BCUT2D eigenvalue weighted by molar-refractivity contribution is -0.0847. The zero-order valence-corrected chi connectivity index (χ0v) is 19.5. The van der Waals surface area contributed by atoms with Gasteiger partial charge in [-0.2, -0.15) is 0 Å². The zero-order valence-electron chi connectivity index (χ0n) is 19.5. The lowest BCUT2D eigenvalue weighted by atomic mass is 9.92. The quantitative estimate of drug-likeness (QED) is 0.369. The van der Waals surface area contributed by atoms with Crippen LogP contribution in [0.1, 0.15) is 44.9 Å². The summed E-state index contributed by atoms with van der Waals surface area (Å²) in [5, 5.41) is 0. The number of rotatable bonds is 7. The van der Waals surface area contributed by atoms with Gasteiger partial charge in [0.15, 0.2) is 11.7 Å². The fourth-order valence-electron chi connectivity index (χ4n) is 3.94. The SMILES string of the molecule is CC1O[C@H](COC(=O)c2ccccc2)C(OC(=O)c2ccccc2)[C@]1(C)OC(=O)c1ccccc1. The second-order valence-corrected chi connectivity index (χ2v) is 8.41. The smallest absolute Gasteiger partial charge is 0.338 e. The molecule has 180 valence electrons. The van der Waals surface area contributed by atoms with E-state index in [0.717, 1.165) is 0 Å². The van der Waals surface area contributed by atoms with Gasteiger partial charge in [-0.1, -0.05) is 54.6 Å². The van der Waals surface area contributed by atoms with E-state index in [2.05, 4.69) is 0 Å². The molecule has 7 heteroatoms.